The van der Waals surface area contributed by atoms with Crippen molar-refractivity contribution in [2.75, 3.05) is 13.1 Å². The second-order valence-electron chi connectivity index (χ2n) is 4.86. The fraction of sp³-hybridized carbons (Fsp3) is 0.176. The summed E-state index contributed by atoms with van der Waals surface area (Å²) in [6.45, 7) is 2.72. The fourth-order valence-corrected chi connectivity index (χ4v) is 2.36. The van der Waals surface area contributed by atoms with Crippen molar-refractivity contribution in [1.29, 1.82) is 0 Å². The third-order valence-electron chi connectivity index (χ3n) is 3.13. The van der Waals surface area contributed by atoms with Crippen LogP contribution < -0.4 is 10.6 Å². The molecular formula is C17H17BrN2O2. The van der Waals surface area contributed by atoms with E-state index in [0.29, 0.717) is 24.2 Å². The summed E-state index contributed by atoms with van der Waals surface area (Å²) in [5, 5.41) is 5.55. The molecule has 2 amide bonds. The SMILES string of the molecule is Cc1ccc(C(=O)NCCNC(=O)c2ccccc2Br)cc1. The van der Waals surface area contributed by atoms with Gasteiger partial charge in [0, 0.05) is 23.1 Å². The Bertz CT molecular complexity index is 669. The van der Waals surface area contributed by atoms with E-state index in [9.17, 15) is 9.59 Å². The Kier molecular flexibility index (Phi) is 5.72. The van der Waals surface area contributed by atoms with Gasteiger partial charge in [-0.3, -0.25) is 9.59 Å². The van der Waals surface area contributed by atoms with E-state index in [-0.39, 0.29) is 11.8 Å². The Balaban J connectivity index is 1.77. The number of nitrogens with one attached hydrogen (secondary N) is 2. The Morgan fingerprint density at radius 2 is 1.50 bits per heavy atom. The van der Waals surface area contributed by atoms with E-state index in [4.69, 9.17) is 0 Å². The van der Waals surface area contributed by atoms with Crippen molar-refractivity contribution in [2.24, 2.45) is 0 Å². The van der Waals surface area contributed by atoms with Crippen LogP contribution in [-0.2, 0) is 0 Å². The number of rotatable bonds is 5. The quantitative estimate of drug-likeness (QED) is 0.805. The van der Waals surface area contributed by atoms with Gasteiger partial charge in [-0.05, 0) is 47.1 Å². The Morgan fingerprint density at radius 3 is 2.14 bits per heavy atom. The van der Waals surface area contributed by atoms with E-state index >= 15 is 0 Å². The van der Waals surface area contributed by atoms with Crippen LogP contribution in [0.25, 0.3) is 0 Å². The van der Waals surface area contributed by atoms with Crippen LogP contribution in [0.1, 0.15) is 26.3 Å². The average Bonchev–Trinajstić information content (AvgIpc) is 2.52. The molecule has 0 spiro atoms. The van der Waals surface area contributed by atoms with Gasteiger partial charge in [0.25, 0.3) is 11.8 Å². The molecule has 0 aliphatic rings. The summed E-state index contributed by atoms with van der Waals surface area (Å²) in [6, 6.07) is 14.6. The van der Waals surface area contributed by atoms with E-state index < -0.39 is 0 Å². The number of carbonyl (C=O) groups is 2. The maximum Gasteiger partial charge on any atom is 0.252 e. The van der Waals surface area contributed by atoms with E-state index in [1.54, 1.807) is 24.3 Å². The van der Waals surface area contributed by atoms with Crippen LogP contribution in [0.4, 0.5) is 0 Å². The third-order valence-corrected chi connectivity index (χ3v) is 3.82. The lowest BCUT2D eigenvalue weighted by atomic mass is 10.1. The molecule has 0 radical (unpaired) electrons. The van der Waals surface area contributed by atoms with Gasteiger partial charge < -0.3 is 10.6 Å². The van der Waals surface area contributed by atoms with Gasteiger partial charge in [0.15, 0.2) is 0 Å². The third kappa shape index (κ3) is 4.43. The van der Waals surface area contributed by atoms with Gasteiger partial charge in [0.2, 0.25) is 0 Å². The molecule has 2 rings (SSSR count). The summed E-state index contributed by atoms with van der Waals surface area (Å²) < 4.78 is 0.746. The van der Waals surface area contributed by atoms with Gasteiger partial charge in [-0.1, -0.05) is 29.8 Å². The van der Waals surface area contributed by atoms with Gasteiger partial charge in [-0.2, -0.15) is 0 Å². The molecule has 0 bridgehead atoms. The molecule has 0 aliphatic carbocycles. The van der Waals surface area contributed by atoms with Crippen LogP contribution in [-0.4, -0.2) is 24.9 Å². The van der Waals surface area contributed by atoms with Crippen LogP contribution in [0.2, 0.25) is 0 Å². The van der Waals surface area contributed by atoms with Gasteiger partial charge in [-0.15, -0.1) is 0 Å². The summed E-state index contributed by atoms with van der Waals surface area (Å²) in [4.78, 5) is 23.9. The van der Waals surface area contributed by atoms with Crippen LogP contribution in [0.15, 0.2) is 53.0 Å². The number of benzene rings is 2. The van der Waals surface area contributed by atoms with Crippen LogP contribution in [0.5, 0.6) is 0 Å². The molecule has 0 saturated heterocycles. The number of amides is 2. The fourth-order valence-electron chi connectivity index (χ4n) is 1.90. The minimum atomic E-state index is -0.169. The molecule has 0 unspecified atom stereocenters. The van der Waals surface area contributed by atoms with E-state index in [1.807, 2.05) is 31.2 Å². The zero-order chi connectivity index (χ0) is 15.9. The summed E-state index contributed by atoms with van der Waals surface area (Å²) in [5.74, 6) is -0.313. The van der Waals surface area contributed by atoms with Crippen molar-refractivity contribution < 1.29 is 9.59 Å². The molecule has 0 fully saturated rings. The highest BCUT2D eigenvalue weighted by Gasteiger charge is 2.08. The van der Waals surface area contributed by atoms with Gasteiger partial charge in [0.05, 0.1) is 5.56 Å². The zero-order valence-corrected chi connectivity index (χ0v) is 13.8. The predicted molar refractivity (Wildman–Crippen MR) is 90.0 cm³/mol. The molecular weight excluding hydrogens is 344 g/mol. The average molecular weight is 361 g/mol. The van der Waals surface area contributed by atoms with Gasteiger partial charge >= 0.3 is 0 Å². The topological polar surface area (TPSA) is 58.2 Å². The standard InChI is InChI=1S/C17H17BrN2O2/c1-12-6-8-13(9-7-12)16(21)19-10-11-20-17(22)14-4-2-3-5-15(14)18/h2-9H,10-11H2,1H3,(H,19,21)(H,20,22). The van der Waals surface area contributed by atoms with E-state index in [2.05, 4.69) is 26.6 Å². The molecule has 0 atom stereocenters. The first-order chi connectivity index (χ1) is 10.6. The van der Waals surface area contributed by atoms with Crippen molar-refractivity contribution in [1.82, 2.24) is 10.6 Å². The molecule has 4 nitrogen and oxygen atoms in total. The highest BCUT2D eigenvalue weighted by atomic mass is 79.9. The maximum atomic E-state index is 12.0. The predicted octanol–water partition coefficient (Wildman–Crippen LogP) is 2.92. The minimum Gasteiger partial charge on any atom is -0.350 e. The first-order valence-electron chi connectivity index (χ1n) is 6.95. The molecule has 2 aromatic carbocycles. The van der Waals surface area contributed by atoms with Gasteiger partial charge in [-0.25, -0.2) is 0 Å². The van der Waals surface area contributed by atoms with Crippen molar-refractivity contribution in [2.45, 2.75) is 6.92 Å². The lowest BCUT2D eigenvalue weighted by Crippen LogP contribution is -2.34. The van der Waals surface area contributed by atoms with Crippen molar-refractivity contribution in [3.8, 4) is 0 Å². The first-order valence-corrected chi connectivity index (χ1v) is 7.75. The Hall–Kier alpha value is -2.14. The minimum absolute atomic E-state index is 0.143. The molecule has 5 heteroatoms. The second-order valence-corrected chi connectivity index (χ2v) is 5.71. The zero-order valence-electron chi connectivity index (χ0n) is 12.2. The molecule has 0 saturated carbocycles. The lowest BCUT2D eigenvalue weighted by molar-refractivity contribution is 0.0927. The van der Waals surface area contributed by atoms with Crippen molar-refractivity contribution in [3.63, 3.8) is 0 Å². The largest absolute Gasteiger partial charge is 0.350 e. The number of halogens is 1. The Morgan fingerprint density at radius 1 is 0.909 bits per heavy atom. The van der Waals surface area contributed by atoms with E-state index in [0.717, 1.165) is 10.0 Å². The molecule has 2 N–H and O–H groups in total. The van der Waals surface area contributed by atoms with Gasteiger partial charge in [0.1, 0.15) is 0 Å². The normalized spacial score (nSPS) is 10.1. The van der Waals surface area contributed by atoms with Crippen LogP contribution >= 0.6 is 15.9 Å². The molecule has 0 aliphatic heterocycles. The number of carbonyl (C=O) groups excluding carboxylic acids is 2. The summed E-state index contributed by atoms with van der Waals surface area (Å²) in [6.07, 6.45) is 0. The summed E-state index contributed by atoms with van der Waals surface area (Å²) >= 11 is 3.33. The second kappa shape index (κ2) is 7.75. The monoisotopic (exact) mass is 360 g/mol. The van der Waals surface area contributed by atoms with Crippen molar-refractivity contribution in [3.05, 3.63) is 69.7 Å². The van der Waals surface area contributed by atoms with Crippen molar-refractivity contribution >= 4 is 27.7 Å². The molecule has 0 heterocycles. The smallest absolute Gasteiger partial charge is 0.252 e. The molecule has 22 heavy (non-hydrogen) atoms. The summed E-state index contributed by atoms with van der Waals surface area (Å²) in [5.41, 5.74) is 2.30. The van der Waals surface area contributed by atoms with E-state index in [1.165, 1.54) is 0 Å². The lowest BCUT2D eigenvalue weighted by Gasteiger charge is -2.08. The highest BCUT2D eigenvalue weighted by molar-refractivity contribution is 9.10. The van der Waals surface area contributed by atoms with Crippen LogP contribution in [0.3, 0.4) is 0 Å². The Labute approximate surface area is 138 Å². The summed E-state index contributed by atoms with van der Waals surface area (Å²) in [7, 11) is 0. The molecule has 114 valence electrons. The number of hydrogen-bond acceptors (Lipinski definition) is 2. The highest BCUT2D eigenvalue weighted by Crippen LogP contribution is 2.15. The maximum absolute atomic E-state index is 12.0. The number of hydrogen-bond donors (Lipinski definition) is 2. The molecule has 2 aromatic rings. The first kappa shape index (κ1) is 16.2. The molecule has 0 aromatic heterocycles. The van der Waals surface area contributed by atoms with Crippen LogP contribution in [0, 0.1) is 6.92 Å². The number of aryl methyl sites for hydroxylation is 1.